The lowest BCUT2D eigenvalue weighted by molar-refractivity contribution is -0.132. The monoisotopic (exact) mass is 358 g/mol. The number of ether oxygens (including phenoxy) is 1. The fraction of sp³-hybridized carbons (Fsp3) is 0.682. The predicted octanol–water partition coefficient (Wildman–Crippen LogP) is 3.84. The highest BCUT2D eigenvalue weighted by atomic mass is 16.5. The fourth-order valence-electron chi connectivity index (χ4n) is 3.57. The Morgan fingerprint density at radius 2 is 1.92 bits per heavy atom. The van der Waals surface area contributed by atoms with Gasteiger partial charge >= 0.3 is 0 Å². The Labute approximate surface area is 158 Å². The maximum Gasteiger partial charge on any atom is 0.222 e. The number of hydrogen-bond donors (Lipinski definition) is 1. The molecule has 0 radical (unpaired) electrons. The number of nitrogens with one attached hydrogen (secondary N) is 1. The van der Waals surface area contributed by atoms with E-state index in [0.717, 1.165) is 50.4 Å². The maximum atomic E-state index is 12.4. The molecule has 0 unspecified atom stereocenters. The molecule has 1 aromatic carbocycles. The minimum atomic E-state index is 0.317. The molecule has 4 heteroatoms. The summed E-state index contributed by atoms with van der Waals surface area (Å²) >= 11 is 0. The zero-order chi connectivity index (χ0) is 18.4. The van der Waals surface area contributed by atoms with Gasteiger partial charge in [-0.15, -0.1) is 0 Å². The van der Waals surface area contributed by atoms with Gasteiger partial charge in [0.05, 0.1) is 6.61 Å². The number of carbonyl (C=O) groups is 1. The van der Waals surface area contributed by atoms with Crippen LogP contribution in [-0.4, -0.2) is 43.1 Å². The van der Waals surface area contributed by atoms with E-state index in [4.69, 9.17) is 4.74 Å². The van der Waals surface area contributed by atoms with Gasteiger partial charge in [0, 0.05) is 25.6 Å². The van der Waals surface area contributed by atoms with E-state index in [9.17, 15) is 4.79 Å². The average Bonchev–Trinajstić information content (AvgIpc) is 3.47. The standard InChI is InChI=1S/C22H34N2O2/c1-17-6-7-18(2)21(15-17)26-14-4-3-5-22(25)24-12-10-20(11-13-24)23-16-19-8-9-19/h6-7,15,19-20,23H,3-5,8-14,16H2,1-2H3. The highest BCUT2D eigenvalue weighted by molar-refractivity contribution is 5.76. The third-order valence-corrected chi connectivity index (χ3v) is 5.63. The van der Waals surface area contributed by atoms with Gasteiger partial charge in [0.15, 0.2) is 0 Å². The smallest absolute Gasteiger partial charge is 0.222 e. The summed E-state index contributed by atoms with van der Waals surface area (Å²) in [4.78, 5) is 14.4. The van der Waals surface area contributed by atoms with E-state index in [1.165, 1.54) is 30.5 Å². The number of rotatable bonds is 9. The lowest BCUT2D eigenvalue weighted by Gasteiger charge is -2.32. The van der Waals surface area contributed by atoms with E-state index in [0.29, 0.717) is 25.0 Å². The lowest BCUT2D eigenvalue weighted by atomic mass is 10.0. The van der Waals surface area contributed by atoms with Gasteiger partial charge < -0.3 is 15.0 Å². The van der Waals surface area contributed by atoms with Crippen molar-refractivity contribution in [2.45, 2.75) is 64.8 Å². The summed E-state index contributed by atoms with van der Waals surface area (Å²) in [7, 11) is 0. The third-order valence-electron chi connectivity index (χ3n) is 5.63. The van der Waals surface area contributed by atoms with Crippen LogP contribution in [0, 0.1) is 19.8 Å². The molecule has 0 aromatic heterocycles. The van der Waals surface area contributed by atoms with Crippen LogP contribution in [0.25, 0.3) is 0 Å². The molecule has 4 nitrogen and oxygen atoms in total. The molecule has 26 heavy (non-hydrogen) atoms. The van der Waals surface area contributed by atoms with Gasteiger partial charge in [0.25, 0.3) is 0 Å². The van der Waals surface area contributed by atoms with Crippen LogP contribution < -0.4 is 10.1 Å². The largest absolute Gasteiger partial charge is 0.493 e. The Hall–Kier alpha value is -1.55. The van der Waals surface area contributed by atoms with Crippen molar-refractivity contribution in [2.75, 3.05) is 26.2 Å². The molecule has 2 aliphatic rings. The molecule has 1 N–H and O–H groups in total. The maximum absolute atomic E-state index is 12.4. The van der Waals surface area contributed by atoms with Crippen molar-refractivity contribution in [1.29, 1.82) is 0 Å². The summed E-state index contributed by atoms with van der Waals surface area (Å²) in [6, 6.07) is 6.90. The van der Waals surface area contributed by atoms with Gasteiger partial charge in [-0.3, -0.25) is 4.79 Å². The first-order valence-corrected chi connectivity index (χ1v) is 10.3. The Bertz CT molecular complexity index is 590. The fourth-order valence-corrected chi connectivity index (χ4v) is 3.57. The number of amides is 1. The molecule has 1 amide bonds. The van der Waals surface area contributed by atoms with Crippen molar-refractivity contribution < 1.29 is 9.53 Å². The van der Waals surface area contributed by atoms with Crippen LogP contribution in [0.15, 0.2) is 18.2 Å². The molecule has 1 aromatic rings. The molecule has 1 saturated carbocycles. The van der Waals surface area contributed by atoms with Gasteiger partial charge in [0.2, 0.25) is 5.91 Å². The molecule has 1 heterocycles. The van der Waals surface area contributed by atoms with E-state index in [1.807, 2.05) is 0 Å². The van der Waals surface area contributed by atoms with E-state index < -0.39 is 0 Å². The van der Waals surface area contributed by atoms with Crippen molar-refractivity contribution >= 4 is 5.91 Å². The van der Waals surface area contributed by atoms with Crippen LogP contribution in [0.1, 0.15) is 56.1 Å². The number of hydrogen-bond acceptors (Lipinski definition) is 3. The Morgan fingerprint density at radius 3 is 2.65 bits per heavy atom. The molecule has 3 rings (SSSR count). The molecule has 1 aliphatic heterocycles. The zero-order valence-corrected chi connectivity index (χ0v) is 16.4. The van der Waals surface area contributed by atoms with Crippen LogP contribution in [-0.2, 0) is 4.79 Å². The number of unbranched alkanes of at least 4 members (excludes halogenated alkanes) is 1. The highest BCUT2D eigenvalue weighted by Crippen LogP contribution is 2.28. The van der Waals surface area contributed by atoms with Crippen molar-refractivity contribution in [2.24, 2.45) is 5.92 Å². The molecule has 1 aliphatic carbocycles. The molecule has 2 fully saturated rings. The second-order valence-corrected chi connectivity index (χ2v) is 8.08. The van der Waals surface area contributed by atoms with Gasteiger partial charge in [-0.25, -0.2) is 0 Å². The van der Waals surface area contributed by atoms with Crippen molar-refractivity contribution in [3.63, 3.8) is 0 Å². The highest BCUT2D eigenvalue weighted by Gasteiger charge is 2.25. The molecule has 0 atom stereocenters. The van der Waals surface area contributed by atoms with Gasteiger partial charge in [0.1, 0.15) is 5.75 Å². The summed E-state index contributed by atoms with van der Waals surface area (Å²) in [5.41, 5.74) is 2.39. The van der Waals surface area contributed by atoms with Crippen molar-refractivity contribution in [1.82, 2.24) is 10.2 Å². The summed E-state index contributed by atoms with van der Waals surface area (Å²) in [6.07, 6.45) is 7.50. The van der Waals surface area contributed by atoms with E-state index >= 15 is 0 Å². The van der Waals surface area contributed by atoms with Crippen LogP contribution in [0.4, 0.5) is 0 Å². The minimum absolute atomic E-state index is 0.317. The van der Waals surface area contributed by atoms with Crippen LogP contribution >= 0.6 is 0 Å². The summed E-state index contributed by atoms with van der Waals surface area (Å²) in [6.45, 7) is 7.85. The molecule has 0 bridgehead atoms. The Balaban J connectivity index is 1.26. The second-order valence-electron chi connectivity index (χ2n) is 8.08. The van der Waals surface area contributed by atoms with Crippen LogP contribution in [0.3, 0.4) is 0 Å². The van der Waals surface area contributed by atoms with E-state index in [2.05, 4.69) is 42.3 Å². The Kier molecular flexibility index (Phi) is 6.95. The summed E-state index contributed by atoms with van der Waals surface area (Å²) in [5.74, 6) is 2.22. The number of benzene rings is 1. The van der Waals surface area contributed by atoms with Crippen molar-refractivity contribution in [3.05, 3.63) is 29.3 Å². The number of nitrogens with zero attached hydrogens (tertiary/aromatic N) is 1. The average molecular weight is 359 g/mol. The molecular formula is C22H34N2O2. The first kappa shape index (κ1) is 19.2. The third kappa shape index (κ3) is 6.01. The number of aryl methyl sites for hydroxylation is 2. The number of carbonyl (C=O) groups excluding carboxylic acids is 1. The SMILES string of the molecule is Cc1ccc(C)c(OCCCCC(=O)N2CCC(NCC3CC3)CC2)c1. The minimum Gasteiger partial charge on any atom is -0.493 e. The first-order chi connectivity index (χ1) is 12.6. The molecule has 0 spiro atoms. The molecular weight excluding hydrogens is 324 g/mol. The predicted molar refractivity (Wildman–Crippen MR) is 106 cm³/mol. The Morgan fingerprint density at radius 1 is 1.15 bits per heavy atom. The zero-order valence-electron chi connectivity index (χ0n) is 16.4. The number of likely N-dealkylation sites (tertiary alicyclic amines) is 1. The van der Waals surface area contributed by atoms with Crippen molar-refractivity contribution in [3.8, 4) is 5.75 Å². The van der Waals surface area contributed by atoms with Gasteiger partial charge in [-0.1, -0.05) is 12.1 Å². The van der Waals surface area contributed by atoms with Crippen LogP contribution in [0.2, 0.25) is 0 Å². The summed E-state index contributed by atoms with van der Waals surface area (Å²) < 4.78 is 5.88. The number of piperidine rings is 1. The van der Waals surface area contributed by atoms with Gasteiger partial charge in [-0.05, 0) is 82.0 Å². The van der Waals surface area contributed by atoms with Crippen LogP contribution in [0.5, 0.6) is 5.75 Å². The second kappa shape index (κ2) is 9.40. The molecule has 1 saturated heterocycles. The first-order valence-electron chi connectivity index (χ1n) is 10.3. The normalized spacial score (nSPS) is 18.2. The molecule has 144 valence electrons. The van der Waals surface area contributed by atoms with E-state index in [1.54, 1.807) is 0 Å². The summed E-state index contributed by atoms with van der Waals surface area (Å²) in [5, 5.41) is 3.67. The quantitative estimate of drug-likeness (QED) is 0.682. The lowest BCUT2D eigenvalue weighted by Crippen LogP contribution is -2.45. The van der Waals surface area contributed by atoms with E-state index in [-0.39, 0.29) is 0 Å². The topological polar surface area (TPSA) is 41.6 Å². The van der Waals surface area contributed by atoms with Gasteiger partial charge in [-0.2, -0.15) is 0 Å².